The third-order valence-electron chi connectivity index (χ3n) is 4.68. The Morgan fingerprint density at radius 3 is 2.10 bits per heavy atom. The van der Waals surface area contributed by atoms with Gasteiger partial charge in [-0.2, -0.15) is 0 Å². The van der Waals surface area contributed by atoms with Crippen molar-refractivity contribution in [1.82, 2.24) is 5.32 Å². The highest BCUT2D eigenvalue weighted by Crippen LogP contribution is 2.26. The van der Waals surface area contributed by atoms with Gasteiger partial charge in [0.05, 0.1) is 16.6 Å². The van der Waals surface area contributed by atoms with Crippen LogP contribution in [0.3, 0.4) is 0 Å². The normalized spacial score (nSPS) is 12.2. The lowest BCUT2D eigenvalue weighted by molar-refractivity contribution is -0.120. The molecule has 0 aromatic heterocycles. The summed E-state index contributed by atoms with van der Waals surface area (Å²) in [6.45, 7) is 1.38. The van der Waals surface area contributed by atoms with Gasteiger partial charge >= 0.3 is 0 Å². The number of nitrogens with one attached hydrogen (secondary N) is 1. The van der Waals surface area contributed by atoms with E-state index in [-0.39, 0.29) is 16.6 Å². The molecule has 3 aromatic carbocycles. The molecule has 0 aliphatic heterocycles. The second kappa shape index (κ2) is 9.54. The number of nitrogens with zero attached hydrogens (tertiary/aromatic N) is 1. The minimum absolute atomic E-state index is 0.0175. The summed E-state index contributed by atoms with van der Waals surface area (Å²) < 4.78 is 41.8. The minimum atomic E-state index is -4.15. The fourth-order valence-corrected chi connectivity index (χ4v) is 4.60. The molecule has 30 heavy (non-hydrogen) atoms. The average Bonchev–Trinajstić information content (AvgIpc) is 2.77. The van der Waals surface area contributed by atoms with Crippen LogP contribution in [-0.4, -0.2) is 20.9 Å². The van der Waals surface area contributed by atoms with Gasteiger partial charge in [0.25, 0.3) is 10.0 Å². The van der Waals surface area contributed by atoms with Crippen molar-refractivity contribution in [2.45, 2.75) is 24.3 Å². The van der Waals surface area contributed by atoms with Crippen LogP contribution in [-0.2, 0) is 14.8 Å². The van der Waals surface area contributed by atoms with E-state index < -0.39 is 28.3 Å². The predicted octanol–water partition coefficient (Wildman–Crippen LogP) is 4.29. The number of para-hydroxylation sites is 1. The van der Waals surface area contributed by atoms with Crippen LogP contribution in [0.2, 0.25) is 0 Å². The predicted molar refractivity (Wildman–Crippen MR) is 115 cm³/mol. The maximum absolute atomic E-state index is 14.5. The molecule has 0 aliphatic carbocycles. The Kier molecular flexibility index (Phi) is 6.84. The maximum atomic E-state index is 14.5. The van der Waals surface area contributed by atoms with Crippen LogP contribution in [0, 0.1) is 5.82 Å². The van der Waals surface area contributed by atoms with Crippen molar-refractivity contribution in [3.05, 3.63) is 96.3 Å². The summed E-state index contributed by atoms with van der Waals surface area (Å²) in [4.78, 5) is 12.8. The molecular weight excluding hydrogens is 403 g/mol. The monoisotopic (exact) mass is 426 g/mol. The number of hydrogen-bond donors (Lipinski definition) is 1. The molecule has 156 valence electrons. The summed E-state index contributed by atoms with van der Waals surface area (Å²) >= 11 is 0. The van der Waals surface area contributed by atoms with Crippen LogP contribution in [0.5, 0.6) is 0 Å². The Morgan fingerprint density at radius 2 is 1.50 bits per heavy atom. The van der Waals surface area contributed by atoms with Crippen LogP contribution in [0.1, 0.15) is 24.9 Å². The number of amides is 1. The molecule has 1 N–H and O–H groups in total. The van der Waals surface area contributed by atoms with Gasteiger partial charge in [-0.05, 0) is 36.2 Å². The van der Waals surface area contributed by atoms with Crippen LogP contribution in [0.25, 0.3) is 0 Å². The molecule has 3 rings (SSSR count). The van der Waals surface area contributed by atoms with Gasteiger partial charge < -0.3 is 5.32 Å². The number of anilines is 1. The molecule has 5 nitrogen and oxygen atoms in total. The molecule has 0 unspecified atom stereocenters. The number of hydrogen-bond acceptors (Lipinski definition) is 3. The molecule has 0 radical (unpaired) electrons. The summed E-state index contributed by atoms with van der Waals surface area (Å²) in [5, 5.41) is 2.86. The van der Waals surface area contributed by atoms with Crippen molar-refractivity contribution in [1.29, 1.82) is 0 Å². The van der Waals surface area contributed by atoms with E-state index in [0.29, 0.717) is 6.42 Å². The topological polar surface area (TPSA) is 66.5 Å². The zero-order chi connectivity index (χ0) is 21.6. The molecule has 1 atom stereocenters. The van der Waals surface area contributed by atoms with Gasteiger partial charge in [0.2, 0.25) is 5.91 Å². The summed E-state index contributed by atoms with van der Waals surface area (Å²) in [6, 6.07) is 22.3. The van der Waals surface area contributed by atoms with Gasteiger partial charge in [0, 0.05) is 0 Å². The Hall–Kier alpha value is -3.19. The Balaban J connectivity index is 1.92. The number of halogens is 1. The highest BCUT2D eigenvalue weighted by molar-refractivity contribution is 7.92. The standard InChI is InChI=1S/C23H23FN2O3S/c1-2-21(18-11-5-3-6-12-18)25-23(27)17-26(22-16-10-9-15-20(22)24)30(28,29)19-13-7-4-8-14-19/h3-16,21H,2,17H2,1H3,(H,25,27)/t21-/m0/s1. The first-order valence-electron chi connectivity index (χ1n) is 9.60. The molecule has 0 saturated carbocycles. The van der Waals surface area contributed by atoms with Crippen LogP contribution < -0.4 is 9.62 Å². The number of carbonyl (C=O) groups excluding carboxylic acids is 1. The van der Waals surface area contributed by atoms with E-state index in [1.807, 2.05) is 37.3 Å². The quantitative estimate of drug-likeness (QED) is 0.584. The third-order valence-corrected chi connectivity index (χ3v) is 6.46. The first-order valence-corrected chi connectivity index (χ1v) is 11.0. The Labute approximate surface area is 176 Å². The molecular formula is C23H23FN2O3S. The lowest BCUT2D eigenvalue weighted by Crippen LogP contribution is -2.42. The lowest BCUT2D eigenvalue weighted by Gasteiger charge is -2.26. The first-order chi connectivity index (χ1) is 14.4. The average molecular weight is 427 g/mol. The Morgan fingerprint density at radius 1 is 0.933 bits per heavy atom. The summed E-state index contributed by atoms with van der Waals surface area (Å²) in [5.74, 6) is -1.24. The van der Waals surface area contributed by atoms with Crippen molar-refractivity contribution in [3.8, 4) is 0 Å². The van der Waals surface area contributed by atoms with Crippen LogP contribution in [0.4, 0.5) is 10.1 Å². The van der Waals surface area contributed by atoms with Crippen molar-refractivity contribution in [2.75, 3.05) is 10.8 Å². The molecule has 0 spiro atoms. The summed E-state index contributed by atoms with van der Waals surface area (Å²) in [6.07, 6.45) is 0.626. The molecule has 1 amide bonds. The molecule has 0 aliphatic rings. The van der Waals surface area contributed by atoms with Crippen molar-refractivity contribution < 1.29 is 17.6 Å². The maximum Gasteiger partial charge on any atom is 0.264 e. The fraction of sp³-hybridized carbons (Fsp3) is 0.174. The van der Waals surface area contributed by atoms with Crippen molar-refractivity contribution in [2.24, 2.45) is 0 Å². The molecule has 0 fully saturated rings. The number of rotatable bonds is 8. The molecule has 0 bridgehead atoms. The summed E-state index contributed by atoms with van der Waals surface area (Å²) in [7, 11) is -4.15. The number of benzene rings is 3. The van der Waals surface area contributed by atoms with Crippen molar-refractivity contribution >= 4 is 21.6 Å². The highest BCUT2D eigenvalue weighted by atomic mass is 32.2. The van der Waals surface area contributed by atoms with Gasteiger partial charge in [-0.1, -0.05) is 67.6 Å². The van der Waals surface area contributed by atoms with E-state index in [1.54, 1.807) is 18.2 Å². The van der Waals surface area contributed by atoms with Gasteiger partial charge in [0.15, 0.2) is 0 Å². The van der Waals surface area contributed by atoms with E-state index >= 15 is 0 Å². The van der Waals surface area contributed by atoms with Gasteiger partial charge in [-0.25, -0.2) is 12.8 Å². The zero-order valence-electron chi connectivity index (χ0n) is 16.5. The van der Waals surface area contributed by atoms with E-state index in [1.165, 1.54) is 36.4 Å². The molecule has 7 heteroatoms. The van der Waals surface area contributed by atoms with Gasteiger partial charge in [0.1, 0.15) is 12.4 Å². The van der Waals surface area contributed by atoms with Gasteiger partial charge in [-0.15, -0.1) is 0 Å². The van der Waals surface area contributed by atoms with Crippen LogP contribution >= 0.6 is 0 Å². The first kappa shape index (κ1) is 21.5. The molecule has 0 saturated heterocycles. The van der Waals surface area contributed by atoms with Crippen LogP contribution in [0.15, 0.2) is 89.8 Å². The molecule has 0 heterocycles. The fourth-order valence-electron chi connectivity index (χ4n) is 3.15. The lowest BCUT2D eigenvalue weighted by atomic mass is 10.0. The number of sulfonamides is 1. The van der Waals surface area contributed by atoms with E-state index in [0.717, 1.165) is 9.87 Å². The van der Waals surface area contributed by atoms with Crippen molar-refractivity contribution in [3.63, 3.8) is 0 Å². The zero-order valence-corrected chi connectivity index (χ0v) is 17.3. The van der Waals surface area contributed by atoms with E-state index in [9.17, 15) is 17.6 Å². The SMILES string of the molecule is CC[C@H](NC(=O)CN(c1ccccc1F)S(=O)(=O)c1ccccc1)c1ccccc1. The third kappa shape index (κ3) is 4.86. The highest BCUT2D eigenvalue weighted by Gasteiger charge is 2.29. The van der Waals surface area contributed by atoms with E-state index in [2.05, 4.69) is 5.32 Å². The van der Waals surface area contributed by atoms with Gasteiger partial charge in [-0.3, -0.25) is 9.10 Å². The second-order valence-corrected chi connectivity index (χ2v) is 8.58. The largest absolute Gasteiger partial charge is 0.348 e. The summed E-state index contributed by atoms with van der Waals surface area (Å²) in [5.41, 5.74) is 0.737. The second-order valence-electron chi connectivity index (χ2n) is 6.72. The molecule has 3 aromatic rings. The minimum Gasteiger partial charge on any atom is -0.348 e. The van der Waals surface area contributed by atoms with E-state index in [4.69, 9.17) is 0 Å². The number of carbonyl (C=O) groups is 1. The Bertz CT molecular complexity index is 1090. The smallest absolute Gasteiger partial charge is 0.264 e.